The first-order valence-electron chi connectivity index (χ1n) is 5.65. The zero-order valence-electron chi connectivity index (χ0n) is 10.4. The van der Waals surface area contributed by atoms with Gasteiger partial charge >= 0.3 is 5.97 Å². The van der Waals surface area contributed by atoms with E-state index in [0.29, 0.717) is 5.56 Å². The molecule has 0 saturated heterocycles. The number of rotatable bonds is 5. The molecule has 0 radical (unpaired) electrons. The van der Waals surface area contributed by atoms with Crippen molar-refractivity contribution < 1.29 is 19.1 Å². The van der Waals surface area contributed by atoms with E-state index in [0.717, 1.165) is 6.07 Å². The van der Waals surface area contributed by atoms with Gasteiger partial charge in [0.1, 0.15) is 5.82 Å². The number of benzene rings is 1. The molecule has 5 heteroatoms. The van der Waals surface area contributed by atoms with Crippen LogP contribution >= 0.6 is 0 Å². The number of carbonyl (C=O) groups is 2. The zero-order chi connectivity index (χ0) is 13.7. The van der Waals surface area contributed by atoms with Gasteiger partial charge < -0.3 is 10.4 Å². The van der Waals surface area contributed by atoms with Gasteiger partial charge in [0.05, 0.1) is 0 Å². The van der Waals surface area contributed by atoms with E-state index in [1.807, 2.05) is 0 Å². The minimum atomic E-state index is -0.904. The third-order valence-electron chi connectivity index (χ3n) is 2.44. The summed E-state index contributed by atoms with van der Waals surface area (Å²) in [6.07, 6.45) is -0.0114. The van der Waals surface area contributed by atoms with E-state index in [4.69, 9.17) is 5.11 Å². The fraction of sp³-hybridized carbons (Fsp3) is 0.385. The molecule has 1 unspecified atom stereocenters. The summed E-state index contributed by atoms with van der Waals surface area (Å²) in [5, 5.41) is 11.2. The van der Waals surface area contributed by atoms with Crippen LogP contribution in [0.4, 0.5) is 4.39 Å². The Morgan fingerprint density at radius 3 is 2.61 bits per heavy atom. The van der Waals surface area contributed by atoms with Crippen LogP contribution in [0.2, 0.25) is 0 Å². The molecular weight excluding hydrogens is 237 g/mol. The summed E-state index contributed by atoms with van der Waals surface area (Å²) in [6, 6.07) is 4.08. The average Bonchev–Trinajstić information content (AvgIpc) is 2.23. The van der Waals surface area contributed by atoms with Crippen molar-refractivity contribution in [3.05, 3.63) is 35.1 Å². The lowest BCUT2D eigenvalue weighted by Gasteiger charge is -2.10. The van der Waals surface area contributed by atoms with Crippen molar-refractivity contribution in [2.45, 2.75) is 20.3 Å². The molecule has 0 fully saturated rings. The van der Waals surface area contributed by atoms with Crippen LogP contribution in [0.15, 0.2) is 18.2 Å². The van der Waals surface area contributed by atoms with Crippen molar-refractivity contribution in [1.82, 2.24) is 5.32 Å². The van der Waals surface area contributed by atoms with Crippen LogP contribution in [0.5, 0.6) is 0 Å². The summed E-state index contributed by atoms with van der Waals surface area (Å²) < 4.78 is 13.1. The Bertz CT molecular complexity index is 439. The largest absolute Gasteiger partial charge is 0.481 e. The second-order valence-corrected chi connectivity index (χ2v) is 4.43. The second-order valence-electron chi connectivity index (χ2n) is 4.43. The van der Waals surface area contributed by atoms with Crippen LogP contribution in [-0.4, -0.2) is 23.5 Å². The highest BCUT2D eigenvalue weighted by Crippen LogP contribution is 2.08. The molecule has 1 aromatic rings. The van der Waals surface area contributed by atoms with Gasteiger partial charge in [-0.2, -0.15) is 0 Å². The predicted molar refractivity (Wildman–Crippen MR) is 64.9 cm³/mol. The van der Waals surface area contributed by atoms with Crippen molar-refractivity contribution in [1.29, 1.82) is 0 Å². The Morgan fingerprint density at radius 1 is 1.39 bits per heavy atom. The summed E-state index contributed by atoms with van der Waals surface area (Å²) in [4.78, 5) is 22.2. The lowest BCUT2D eigenvalue weighted by Crippen LogP contribution is -2.29. The molecule has 98 valence electrons. The van der Waals surface area contributed by atoms with E-state index < -0.39 is 17.7 Å². The fourth-order valence-corrected chi connectivity index (χ4v) is 1.61. The minimum absolute atomic E-state index is 0.0114. The van der Waals surface area contributed by atoms with Crippen LogP contribution in [-0.2, 0) is 4.79 Å². The number of hydrogen-bond donors (Lipinski definition) is 2. The van der Waals surface area contributed by atoms with Crippen molar-refractivity contribution in [3.8, 4) is 0 Å². The van der Waals surface area contributed by atoms with E-state index in [9.17, 15) is 14.0 Å². The van der Waals surface area contributed by atoms with E-state index in [1.165, 1.54) is 6.07 Å². The standard InChI is InChI=1S/C13H16FNO3/c1-8-3-10(6-11(14)4-8)13(18)15-7-9(2)5-12(16)17/h3-4,6,9H,5,7H2,1-2H3,(H,15,18)(H,16,17). The van der Waals surface area contributed by atoms with Gasteiger partial charge in [-0.05, 0) is 36.6 Å². The third-order valence-corrected chi connectivity index (χ3v) is 2.44. The molecule has 1 rings (SSSR count). The number of amides is 1. The monoisotopic (exact) mass is 253 g/mol. The van der Waals surface area contributed by atoms with Crippen molar-refractivity contribution in [3.63, 3.8) is 0 Å². The molecule has 1 atom stereocenters. The summed E-state index contributed by atoms with van der Waals surface area (Å²) in [5.74, 6) is -1.92. The number of aryl methyl sites for hydroxylation is 1. The van der Waals surface area contributed by atoms with Gasteiger partial charge in [-0.15, -0.1) is 0 Å². The number of aliphatic carboxylic acids is 1. The highest BCUT2D eigenvalue weighted by atomic mass is 19.1. The molecule has 1 aromatic carbocycles. The molecule has 0 aliphatic rings. The van der Waals surface area contributed by atoms with E-state index >= 15 is 0 Å². The number of hydrogen-bond acceptors (Lipinski definition) is 2. The number of carbonyl (C=O) groups excluding carboxylic acids is 1. The molecule has 0 aliphatic heterocycles. The van der Waals surface area contributed by atoms with Gasteiger partial charge in [-0.25, -0.2) is 4.39 Å². The molecule has 2 N–H and O–H groups in total. The fourth-order valence-electron chi connectivity index (χ4n) is 1.61. The highest BCUT2D eigenvalue weighted by molar-refractivity contribution is 5.94. The Hall–Kier alpha value is -1.91. The predicted octanol–water partition coefficient (Wildman–Crippen LogP) is 1.97. The first-order valence-corrected chi connectivity index (χ1v) is 5.65. The second kappa shape index (κ2) is 6.14. The molecular formula is C13H16FNO3. The van der Waals surface area contributed by atoms with Crippen molar-refractivity contribution in [2.24, 2.45) is 5.92 Å². The van der Waals surface area contributed by atoms with Crippen LogP contribution in [0, 0.1) is 18.7 Å². The number of nitrogens with one attached hydrogen (secondary N) is 1. The summed E-state index contributed by atoms with van der Waals surface area (Å²) in [7, 11) is 0. The number of carboxylic acids is 1. The maximum atomic E-state index is 13.1. The Morgan fingerprint density at radius 2 is 2.06 bits per heavy atom. The van der Waals surface area contributed by atoms with Crippen molar-refractivity contribution >= 4 is 11.9 Å². The molecule has 0 heterocycles. The molecule has 0 aromatic heterocycles. The van der Waals surface area contributed by atoms with Gasteiger partial charge in [-0.1, -0.05) is 6.92 Å². The van der Waals surface area contributed by atoms with Gasteiger partial charge in [0.2, 0.25) is 0 Å². The summed E-state index contributed by atoms with van der Waals surface area (Å²) >= 11 is 0. The lowest BCUT2D eigenvalue weighted by molar-refractivity contribution is -0.137. The van der Waals surface area contributed by atoms with Crippen LogP contribution < -0.4 is 5.32 Å². The summed E-state index contributed by atoms with van der Waals surface area (Å²) in [6.45, 7) is 3.68. The smallest absolute Gasteiger partial charge is 0.303 e. The zero-order valence-corrected chi connectivity index (χ0v) is 10.4. The first kappa shape index (κ1) is 14.2. The molecule has 0 saturated carbocycles. The Balaban J connectivity index is 2.57. The van der Waals surface area contributed by atoms with Gasteiger partial charge in [0.25, 0.3) is 5.91 Å². The summed E-state index contributed by atoms with van der Waals surface area (Å²) in [5.41, 5.74) is 0.911. The molecule has 18 heavy (non-hydrogen) atoms. The lowest BCUT2D eigenvalue weighted by atomic mass is 10.1. The van der Waals surface area contributed by atoms with Gasteiger partial charge in [0, 0.05) is 18.5 Å². The first-order chi connectivity index (χ1) is 8.38. The Kier molecular flexibility index (Phi) is 4.83. The minimum Gasteiger partial charge on any atom is -0.481 e. The maximum Gasteiger partial charge on any atom is 0.303 e. The van der Waals surface area contributed by atoms with Crippen LogP contribution in [0.1, 0.15) is 29.3 Å². The number of halogens is 1. The van der Waals surface area contributed by atoms with Crippen molar-refractivity contribution in [2.75, 3.05) is 6.54 Å². The third kappa shape index (κ3) is 4.53. The van der Waals surface area contributed by atoms with Gasteiger partial charge in [-0.3, -0.25) is 9.59 Å². The molecule has 0 bridgehead atoms. The highest BCUT2D eigenvalue weighted by Gasteiger charge is 2.11. The van der Waals surface area contributed by atoms with Gasteiger partial charge in [0.15, 0.2) is 0 Å². The molecule has 0 spiro atoms. The van der Waals surface area contributed by atoms with E-state index in [1.54, 1.807) is 19.9 Å². The average molecular weight is 253 g/mol. The number of carboxylic acid groups (broad SMARTS) is 1. The molecule has 0 aliphatic carbocycles. The normalized spacial score (nSPS) is 11.9. The van der Waals surface area contributed by atoms with Crippen LogP contribution in [0.25, 0.3) is 0 Å². The van der Waals surface area contributed by atoms with E-state index in [-0.39, 0.29) is 24.4 Å². The topological polar surface area (TPSA) is 66.4 Å². The Labute approximate surface area is 105 Å². The van der Waals surface area contributed by atoms with E-state index in [2.05, 4.69) is 5.32 Å². The molecule has 1 amide bonds. The quantitative estimate of drug-likeness (QED) is 0.843. The molecule has 4 nitrogen and oxygen atoms in total. The SMILES string of the molecule is Cc1cc(F)cc(C(=O)NCC(C)CC(=O)O)c1. The van der Waals surface area contributed by atoms with Crippen LogP contribution in [0.3, 0.4) is 0 Å². The maximum absolute atomic E-state index is 13.1.